The van der Waals surface area contributed by atoms with Crippen LogP contribution in [0.25, 0.3) is 50.1 Å². The normalized spacial score (nSPS) is 12.5. The SMILES string of the molecule is CC(C)(C)c1cc(Oc2[c-]c3c(cc2)c2ccccc2n3-c2cc(C(C)(C)C)ccn2)[c-]c(-n2[c-][n+](-c3cc(-c4ccccc4)cc(C(C)(C)C)c3)c(C(C)(C)C)c2)c1.[Pt]. The molecule has 6 heteroatoms. The second-order valence-corrected chi connectivity index (χ2v) is 20.0. The van der Waals surface area contributed by atoms with Crippen LogP contribution in [0.3, 0.4) is 0 Å². The van der Waals surface area contributed by atoms with Crippen LogP contribution in [0.1, 0.15) is 105 Å². The Morgan fingerprint density at radius 1 is 0.567 bits per heavy atom. The van der Waals surface area contributed by atoms with Crippen LogP contribution in [0.15, 0.2) is 122 Å². The van der Waals surface area contributed by atoms with E-state index in [4.69, 9.17) is 9.72 Å². The summed E-state index contributed by atoms with van der Waals surface area (Å²) >= 11 is 0. The fraction of sp³-hybridized carbons (Fsp3) is 0.296. The van der Waals surface area contributed by atoms with Crippen LogP contribution in [-0.2, 0) is 42.7 Å². The molecule has 0 fully saturated rings. The Balaban J connectivity index is 0.00000544. The van der Waals surface area contributed by atoms with E-state index in [1.807, 2.05) is 12.3 Å². The van der Waals surface area contributed by atoms with Gasteiger partial charge >= 0.3 is 0 Å². The predicted octanol–water partition coefficient (Wildman–Crippen LogP) is 13.3. The average Bonchev–Trinajstić information content (AvgIpc) is 3.78. The second kappa shape index (κ2) is 15.7. The maximum atomic E-state index is 6.78. The van der Waals surface area contributed by atoms with Crippen molar-refractivity contribution in [3.05, 3.63) is 162 Å². The molecule has 0 aliphatic rings. The molecule has 0 radical (unpaired) electrons. The van der Waals surface area contributed by atoms with Crippen LogP contribution in [0.2, 0.25) is 0 Å². The number of hydrogen-bond donors (Lipinski definition) is 0. The van der Waals surface area contributed by atoms with E-state index < -0.39 is 0 Å². The molecule has 310 valence electrons. The summed E-state index contributed by atoms with van der Waals surface area (Å²) in [4.78, 5) is 4.87. The van der Waals surface area contributed by atoms with Gasteiger partial charge in [0.15, 0.2) is 0 Å². The van der Waals surface area contributed by atoms with Crippen molar-refractivity contribution in [1.82, 2.24) is 14.1 Å². The molecule has 0 aliphatic carbocycles. The van der Waals surface area contributed by atoms with Crippen LogP contribution >= 0.6 is 0 Å². The first kappa shape index (κ1) is 42.9. The summed E-state index contributed by atoms with van der Waals surface area (Å²) in [6.07, 6.45) is 7.86. The first-order valence-electron chi connectivity index (χ1n) is 20.7. The van der Waals surface area contributed by atoms with Gasteiger partial charge in [-0.1, -0.05) is 143 Å². The summed E-state index contributed by atoms with van der Waals surface area (Å²) in [5, 5.41) is 2.24. The standard InChI is InChI=1S/C54H56N4O.Pt/c1-51(2,3)38-24-25-55-50(31-38)58-47-21-17-16-20-45(47)46-23-22-43(33-48(46)58)59-44-30-40(53(7,8)9)28-41(32-44)56-34-49(54(10,11)12)57(35-56)42-27-37(36-18-14-13-15-19-36)26-39(29-42)52(4,5)6;/h13-31,34H,1-12H3;/q-2;. The quantitative estimate of drug-likeness (QED) is 0.123. The zero-order valence-corrected chi connectivity index (χ0v) is 39.3. The van der Waals surface area contributed by atoms with Crippen molar-refractivity contribution in [1.29, 1.82) is 0 Å². The van der Waals surface area contributed by atoms with Crippen molar-refractivity contribution in [2.45, 2.75) is 105 Å². The summed E-state index contributed by atoms with van der Waals surface area (Å²) in [7, 11) is 0. The maximum absolute atomic E-state index is 6.78. The minimum atomic E-state index is -0.183. The summed E-state index contributed by atoms with van der Waals surface area (Å²) in [6.45, 7) is 27.0. The van der Waals surface area contributed by atoms with Gasteiger partial charge in [0.1, 0.15) is 5.82 Å². The van der Waals surface area contributed by atoms with E-state index in [1.54, 1.807) is 0 Å². The maximum Gasteiger partial charge on any atom is 0.267 e. The van der Waals surface area contributed by atoms with Crippen LogP contribution in [0.4, 0.5) is 0 Å². The predicted molar refractivity (Wildman–Crippen MR) is 243 cm³/mol. The second-order valence-electron chi connectivity index (χ2n) is 20.0. The number of imidazole rings is 1. The molecule has 3 heterocycles. The Kier molecular flexibility index (Phi) is 11.2. The van der Waals surface area contributed by atoms with Gasteiger partial charge in [0.25, 0.3) is 6.33 Å². The average molecular weight is 972 g/mol. The molecule has 0 saturated carbocycles. The summed E-state index contributed by atoms with van der Waals surface area (Å²) < 4.78 is 13.3. The number of rotatable bonds is 6. The molecule has 0 bridgehead atoms. The Morgan fingerprint density at radius 2 is 1.23 bits per heavy atom. The van der Waals surface area contributed by atoms with Crippen molar-refractivity contribution in [2.24, 2.45) is 0 Å². The third kappa shape index (κ3) is 8.52. The third-order valence-corrected chi connectivity index (χ3v) is 11.2. The van der Waals surface area contributed by atoms with E-state index in [2.05, 4.69) is 225 Å². The molecule has 0 N–H and O–H groups in total. The minimum absolute atomic E-state index is 0. The largest absolute Gasteiger partial charge is 0.510 e. The van der Waals surface area contributed by atoms with Crippen molar-refractivity contribution in [2.75, 3.05) is 0 Å². The third-order valence-electron chi connectivity index (χ3n) is 11.2. The molecule has 60 heavy (non-hydrogen) atoms. The zero-order chi connectivity index (χ0) is 42.1. The van der Waals surface area contributed by atoms with E-state index in [9.17, 15) is 0 Å². The Morgan fingerprint density at radius 3 is 1.92 bits per heavy atom. The molecule has 0 saturated heterocycles. The molecule has 8 aromatic rings. The number of benzene rings is 5. The van der Waals surface area contributed by atoms with Crippen molar-refractivity contribution in [3.8, 4) is 39.8 Å². The monoisotopic (exact) mass is 971 g/mol. The number of para-hydroxylation sites is 1. The zero-order valence-electron chi connectivity index (χ0n) is 37.1. The van der Waals surface area contributed by atoms with Gasteiger partial charge in [0.05, 0.1) is 11.4 Å². The van der Waals surface area contributed by atoms with Gasteiger partial charge in [-0.2, -0.15) is 17.7 Å². The number of pyridine rings is 1. The summed E-state index contributed by atoms with van der Waals surface area (Å²) in [6, 6.07) is 46.1. The number of hydrogen-bond acceptors (Lipinski definition) is 2. The Hall–Kier alpha value is -5.25. The van der Waals surface area contributed by atoms with Crippen molar-refractivity contribution >= 4 is 21.8 Å². The van der Waals surface area contributed by atoms with E-state index in [-0.39, 0.29) is 42.7 Å². The van der Waals surface area contributed by atoms with Crippen LogP contribution in [-0.4, -0.2) is 14.1 Å². The molecular weight excluding hydrogens is 916 g/mol. The van der Waals surface area contributed by atoms with Gasteiger partial charge in [-0.05, 0) is 85.3 Å². The van der Waals surface area contributed by atoms with Crippen LogP contribution in [0, 0.1) is 18.5 Å². The van der Waals surface area contributed by atoms with Gasteiger partial charge in [-0.25, -0.2) is 4.98 Å². The molecule has 3 aromatic heterocycles. The fourth-order valence-electron chi connectivity index (χ4n) is 7.63. The Labute approximate surface area is 371 Å². The minimum Gasteiger partial charge on any atom is -0.510 e. The van der Waals surface area contributed by atoms with Gasteiger partial charge < -0.3 is 13.9 Å². The Bertz CT molecular complexity index is 2840. The molecule has 8 rings (SSSR count). The number of aromatic nitrogens is 4. The fourth-order valence-corrected chi connectivity index (χ4v) is 7.63. The van der Waals surface area contributed by atoms with Crippen molar-refractivity contribution < 1.29 is 30.4 Å². The molecule has 0 amide bonds. The van der Waals surface area contributed by atoms with Crippen LogP contribution < -0.4 is 9.30 Å². The summed E-state index contributed by atoms with van der Waals surface area (Å²) in [5.74, 6) is 2.08. The van der Waals surface area contributed by atoms with E-state index >= 15 is 0 Å². The molecule has 5 aromatic carbocycles. The van der Waals surface area contributed by atoms with E-state index in [1.165, 1.54) is 22.3 Å². The van der Waals surface area contributed by atoms with Gasteiger partial charge in [0, 0.05) is 50.5 Å². The van der Waals surface area contributed by atoms with Gasteiger partial charge in [-0.3, -0.25) is 4.57 Å². The molecule has 0 unspecified atom stereocenters. The molecule has 0 aliphatic heterocycles. The molecule has 5 nitrogen and oxygen atoms in total. The number of nitrogens with zero attached hydrogens (tertiary/aromatic N) is 4. The number of ether oxygens (including phenoxy) is 1. The summed E-state index contributed by atoms with van der Waals surface area (Å²) in [5.41, 5.74) is 10.6. The van der Waals surface area contributed by atoms with Crippen LogP contribution in [0.5, 0.6) is 11.5 Å². The smallest absolute Gasteiger partial charge is 0.267 e. The van der Waals surface area contributed by atoms with E-state index in [0.717, 1.165) is 50.3 Å². The molecular formula is C54H56N4OPt-2. The topological polar surface area (TPSA) is 35.9 Å². The first-order chi connectivity index (χ1) is 27.7. The van der Waals surface area contributed by atoms with Gasteiger partial charge in [-0.15, -0.1) is 29.7 Å². The van der Waals surface area contributed by atoms with E-state index in [0.29, 0.717) is 11.5 Å². The first-order valence-corrected chi connectivity index (χ1v) is 20.7. The number of fused-ring (bicyclic) bond motifs is 3. The molecule has 0 atom stereocenters. The van der Waals surface area contributed by atoms with Crippen molar-refractivity contribution in [3.63, 3.8) is 0 Å². The van der Waals surface area contributed by atoms with Gasteiger partial charge in [0.2, 0.25) is 0 Å². The molecule has 0 spiro atoms.